The van der Waals surface area contributed by atoms with Gasteiger partial charge in [0.25, 0.3) is 0 Å². The van der Waals surface area contributed by atoms with Crippen molar-refractivity contribution in [3.63, 3.8) is 0 Å². The molecule has 7 heteroatoms. The molecule has 0 aliphatic heterocycles. The Morgan fingerprint density at radius 1 is 0.806 bits per heavy atom. The standard InChI is InChI=1S/C12H16O4.C12H16O3/c1-12(2,15)11(14)9-3-5-10(6-4-9)16-8-7-13;1-9(2)12(14)10-3-5-11(6-4-10)15-8-7-13/h3-6,13,15H,7-8H2,1-2H3;3-6,9,13H,7-8H2,1-2H3. The topological polar surface area (TPSA) is 113 Å². The molecule has 0 saturated heterocycles. The van der Waals surface area contributed by atoms with Gasteiger partial charge in [0.1, 0.15) is 30.3 Å². The van der Waals surface area contributed by atoms with E-state index in [-0.39, 0.29) is 43.9 Å². The molecule has 7 nitrogen and oxygen atoms in total. The van der Waals surface area contributed by atoms with Crippen molar-refractivity contribution in [2.75, 3.05) is 26.4 Å². The fourth-order valence-corrected chi connectivity index (χ4v) is 2.43. The molecule has 0 aromatic heterocycles. The Morgan fingerprint density at radius 3 is 1.52 bits per heavy atom. The molecule has 2 aromatic carbocycles. The molecule has 0 aliphatic rings. The number of Topliss-reactive ketones (excluding diaryl/α,β-unsaturated/α-hetero) is 2. The van der Waals surface area contributed by atoms with E-state index < -0.39 is 5.60 Å². The highest BCUT2D eigenvalue weighted by Gasteiger charge is 2.24. The SMILES string of the molecule is CC(C)(O)C(=O)c1ccc(OCCO)cc1.CC(C)C(=O)c1ccc(OCCO)cc1. The Kier molecular flexibility index (Phi) is 10.9. The summed E-state index contributed by atoms with van der Waals surface area (Å²) in [7, 11) is 0. The lowest BCUT2D eigenvalue weighted by atomic mass is 9.97. The van der Waals surface area contributed by atoms with Gasteiger partial charge in [-0.15, -0.1) is 0 Å². The number of hydrogen-bond donors (Lipinski definition) is 3. The lowest BCUT2D eigenvalue weighted by molar-refractivity contribution is 0.0488. The summed E-state index contributed by atoms with van der Waals surface area (Å²) < 4.78 is 10.3. The van der Waals surface area contributed by atoms with Crippen molar-refractivity contribution < 1.29 is 34.4 Å². The first kappa shape index (κ1) is 26.3. The molecule has 31 heavy (non-hydrogen) atoms. The van der Waals surface area contributed by atoms with Crippen molar-refractivity contribution in [1.29, 1.82) is 0 Å². The smallest absolute Gasteiger partial charge is 0.193 e. The molecule has 0 heterocycles. The van der Waals surface area contributed by atoms with Gasteiger partial charge in [0.2, 0.25) is 0 Å². The van der Waals surface area contributed by atoms with E-state index in [1.54, 1.807) is 48.5 Å². The van der Waals surface area contributed by atoms with E-state index in [2.05, 4.69) is 0 Å². The highest BCUT2D eigenvalue weighted by molar-refractivity contribution is 6.01. The zero-order valence-electron chi connectivity index (χ0n) is 18.5. The quantitative estimate of drug-likeness (QED) is 0.495. The first-order valence-corrected chi connectivity index (χ1v) is 10.1. The average molecular weight is 433 g/mol. The van der Waals surface area contributed by atoms with Gasteiger partial charge in [-0.25, -0.2) is 0 Å². The molecule has 0 bridgehead atoms. The van der Waals surface area contributed by atoms with Crippen molar-refractivity contribution >= 4 is 11.6 Å². The fourth-order valence-electron chi connectivity index (χ4n) is 2.43. The first-order valence-electron chi connectivity index (χ1n) is 10.1. The highest BCUT2D eigenvalue weighted by atomic mass is 16.5. The van der Waals surface area contributed by atoms with Gasteiger partial charge in [0.05, 0.1) is 13.2 Å². The van der Waals surface area contributed by atoms with Gasteiger partial charge in [0.15, 0.2) is 11.6 Å². The van der Waals surface area contributed by atoms with Crippen LogP contribution in [0.25, 0.3) is 0 Å². The Labute approximate surface area is 183 Å². The van der Waals surface area contributed by atoms with Crippen LogP contribution in [0.5, 0.6) is 11.5 Å². The molecule has 0 fully saturated rings. The molecule has 0 saturated carbocycles. The number of rotatable bonds is 10. The average Bonchev–Trinajstić information content (AvgIpc) is 2.75. The maximum Gasteiger partial charge on any atom is 0.193 e. The van der Waals surface area contributed by atoms with Crippen LogP contribution in [0.1, 0.15) is 48.4 Å². The molecule has 0 unspecified atom stereocenters. The number of carbonyl (C=O) groups is 2. The van der Waals surface area contributed by atoms with Crippen LogP contribution in [-0.4, -0.2) is 58.9 Å². The predicted octanol–water partition coefficient (Wildman–Crippen LogP) is 2.91. The fraction of sp³-hybridized carbons (Fsp3) is 0.417. The minimum Gasteiger partial charge on any atom is -0.491 e. The minimum absolute atomic E-state index is 0.00727. The van der Waals surface area contributed by atoms with Crippen LogP contribution in [0.4, 0.5) is 0 Å². The molecule has 0 spiro atoms. The van der Waals surface area contributed by atoms with Crippen LogP contribution in [0.3, 0.4) is 0 Å². The normalized spacial score (nSPS) is 10.8. The van der Waals surface area contributed by atoms with Gasteiger partial charge >= 0.3 is 0 Å². The van der Waals surface area contributed by atoms with Crippen LogP contribution in [0.15, 0.2) is 48.5 Å². The molecule has 0 atom stereocenters. The molecule has 170 valence electrons. The monoisotopic (exact) mass is 432 g/mol. The van der Waals surface area contributed by atoms with Crippen LogP contribution in [0, 0.1) is 5.92 Å². The third kappa shape index (κ3) is 9.29. The molecule has 2 rings (SSSR count). The van der Waals surface area contributed by atoms with Crippen molar-refractivity contribution in [2.45, 2.75) is 33.3 Å². The second-order valence-corrected chi connectivity index (χ2v) is 7.60. The maximum atomic E-state index is 11.7. The van der Waals surface area contributed by atoms with Crippen molar-refractivity contribution in [2.24, 2.45) is 5.92 Å². The number of aliphatic hydroxyl groups is 3. The van der Waals surface area contributed by atoms with E-state index in [1.165, 1.54) is 13.8 Å². The number of ether oxygens (including phenoxy) is 2. The van der Waals surface area contributed by atoms with E-state index in [9.17, 15) is 14.7 Å². The van der Waals surface area contributed by atoms with E-state index >= 15 is 0 Å². The van der Waals surface area contributed by atoms with Crippen molar-refractivity contribution in [3.05, 3.63) is 59.7 Å². The van der Waals surface area contributed by atoms with Gasteiger partial charge in [-0.3, -0.25) is 9.59 Å². The van der Waals surface area contributed by atoms with E-state index in [1.807, 2.05) is 13.8 Å². The lowest BCUT2D eigenvalue weighted by Crippen LogP contribution is -2.30. The summed E-state index contributed by atoms with van der Waals surface area (Å²) in [5.74, 6) is 1.06. The van der Waals surface area contributed by atoms with Crippen molar-refractivity contribution in [3.8, 4) is 11.5 Å². The first-order chi connectivity index (χ1) is 14.6. The maximum absolute atomic E-state index is 11.7. The van der Waals surface area contributed by atoms with Gasteiger partial charge in [-0.1, -0.05) is 13.8 Å². The van der Waals surface area contributed by atoms with Crippen LogP contribution >= 0.6 is 0 Å². The number of hydrogen-bond acceptors (Lipinski definition) is 7. The summed E-state index contributed by atoms with van der Waals surface area (Å²) in [6.45, 7) is 7.08. The van der Waals surface area contributed by atoms with Crippen LogP contribution in [-0.2, 0) is 0 Å². The number of aliphatic hydroxyl groups excluding tert-OH is 2. The second kappa shape index (κ2) is 12.8. The van der Waals surface area contributed by atoms with E-state index in [4.69, 9.17) is 19.7 Å². The zero-order chi connectivity index (χ0) is 23.4. The molecule has 0 radical (unpaired) electrons. The van der Waals surface area contributed by atoms with E-state index in [0.29, 0.717) is 22.6 Å². The van der Waals surface area contributed by atoms with Crippen LogP contribution in [0.2, 0.25) is 0 Å². The predicted molar refractivity (Wildman–Crippen MR) is 118 cm³/mol. The lowest BCUT2D eigenvalue weighted by Gasteiger charge is -2.15. The number of carbonyl (C=O) groups excluding carboxylic acids is 2. The third-order valence-corrected chi connectivity index (χ3v) is 4.06. The number of ketones is 2. The Bertz CT molecular complexity index is 803. The minimum atomic E-state index is -1.37. The van der Waals surface area contributed by atoms with Gasteiger partial charge in [0, 0.05) is 17.0 Å². The van der Waals surface area contributed by atoms with E-state index in [0.717, 1.165) is 0 Å². The van der Waals surface area contributed by atoms with Gasteiger partial charge in [-0.2, -0.15) is 0 Å². The molecule has 3 N–H and O–H groups in total. The highest BCUT2D eigenvalue weighted by Crippen LogP contribution is 2.17. The summed E-state index contributed by atoms with van der Waals surface area (Å²) in [6.07, 6.45) is 0. The second-order valence-electron chi connectivity index (χ2n) is 7.60. The van der Waals surface area contributed by atoms with Gasteiger partial charge < -0.3 is 24.8 Å². The summed E-state index contributed by atoms with van der Waals surface area (Å²) in [4.78, 5) is 23.2. The summed E-state index contributed by atoms with van der Waals surface area (Å²) >= 11 is 0. The van der Waals surface area contributed by atoms with Gasteiger partial charge in [-0.05, 0) is 62.4 Å². The Morgan fingerprint density at radius 2 is 1.19 bits per heavy atom. The molecular weight excluding hydrogens is 400 g/mol. The molecular formula is C24H32O7. The largest absolute Gasteiger partial charge is 0.491 e. The third-order valence-electron chi connectivity index (χ3n) is 4.06. The molecule has 0 amide bonds. The zero-order valence-corrected chi connectivity index (χ0v) is 18.5. The van der Waals surface area contributed by atoms with Crippen molar-refractivity contribution in [1.82, 2.24) is 0 Å². The summed E-state index contributed by atoms with van der Waals surface area (Å²) in [5, 5.41) is 26.7. The Hall–Kier alpha value is -2.74. The summed E-state index contributed by atoms with van der Waals surface area (Å²) in [6, 6.07) is 13.4. The van der Waals surface area contributed by atoms with Crippen LogP contribution < -0.4 is 9.47 Å². The Balaban J connectivity index is 0.000000311. The summed E-state index contributed by atoms with van der Waals surface area (Å²) in [5.41, 5.74) is -0.238. The molecule has 0 aliphatic carbocycles. The number of benzene rings is 2. The molecule has 2 aromatic rings.